The molecule has 0 aromatic carbocycles. The Hall–Kier alpha value is -0.900. The topological polar surface area (TPSA) is 42.9 Å². The Bertz CT molecular complexity index is 264. The zero-order valence-corrected chi connectivity index (χ0v) is 8.38. The first kappa shape index (κ1) is 10.2. The number of aromatic nitrogens is 2. The van der Waals surface area contributed by atoms with Gasteiger partial charge in [-0.2, -0.15) is 0 Å². The third-order valence-corrected chi connectivity index (χ3v) is 2.51. The quantitative estimate of drug-likeness (QED) is 0.410. The summed E-state index contributed by atoms with van der Waals surface area (Å²) in [5, 5.41) is 0.971. The fourth-order valence-electron chi connectivity index (χ4n) is 0.862. The largest absolute Gasteiger partial charge is 0.300 e. The second kappa shape index (κ2) is 5.70. The Morgan fingerprint density at radius 2 is 2.46 bits per heavy atom. The van der Waals surface area contributed by atoms with E-state index in [1.54, 1.807) is 24.9 Å². The zero-order chi connectivity index (χ0) is 9.52. The number of carbonyl (C=O) groups excluding carboxylic acids is 1. The molecule has 1 aromatic rings. The van der Waals surface area contributed by atoms with Crippen molar-refractivity contribution in [3.8, 4) is 0 Å². The maximum atomic E-state index is 10.6. The van der Waals surface area contributed by atoms with Crippen LogP contribution in [0, 0.1) is 0 Å². The Morgan fingerprint density at radius 1 is 1.62 bits per heavy atom. The van der Waals surface area contributed by atoms with E-state index in [2.05, 4.69) is 9.97 Å². The van der Waals surface area contributed by atoms with Crippen molar-refractivity contribution in [3.05, 3.63) is 18.6 Å². The van der Waals surface area contributed by atoms with Gasteiger partial charge in [-0.3, -0.25) is 0 Å². The summed E-state index contributed by atoms with van der Waals surface area (Å²) in [4.78, 5) is 18.5. The summed E-state index contributed by atoms with van der Waals surface area (Å²) >= 11 is 1.66. The molecule has 70 valence electrons. The number of hydrogen-bond acceptors (Lipinski definition) is 4. The average Bonchev–Trinajstić information content (AvgIpc) is 2.14. The minimum absolute atomic E-state index is 0.253. The van der Waals surface area contributed by atoms with Gasteiger partial charge < -0.3 is 4.79 Å². The standard InChI is InChI=1S/C9H12N2OS/c1-8(12)3-2-6-13-9-4-5-10-7-11-9/h4-5,7H,2-3,6H2,1H3. The van der Waals surface area contributed by atoms with E-state index in [1.165, 1.54) is 6.33 Å². The molecule has 3 nitrogen and oxygen atoms in total. The van der Waals surface area contributed by atoms with E-state index >= 15 is 0 Å². The van der Waals surface area contributed by atoms with E-state index in [1.807, 2.05) is 6.07 Å². The van der Waals surface area contributed by atoms with Crippen LogP contribution in [0.2, 0.25) is 0 Å². The highest BCUT2D eigenvalue weighted by molar-refractivity contribution is 7.99. The summed E-state index contributed by atoms with van der Waals surface area (Å²) < 4.78 is 0. The van der Waals surface area contributed by atoms with Crippen LogP contribution in [0.1, 0.15) is 19.8 Å². The van der Waals surface area contributed by atoms with Crippen LogP contribution >= 0.6 is 11.8 Å². The van der Waals surface area contributed by atoms with Crippen LogP contribution < -0.4 is 0 Å². The zero-order valence-electron chi connectivity index (χ0n) is 7.56. The van der Waals surface area contributed by atoms with Crippen LogP contribution in [0.15, 0.2) is 23.6 Å². The van der Waals surface area contributed by atoms with Crippen LogP contribution in [0.4, 0.5) is 0 Å². The maximum absolute atomic E-state index is 10.6. The summed E-state index contributed by atoms with van der Waals surface area (Å²) in [6.45, 7) is 1.62. The van der Waals surface area contributed by atoms with Crippen molar-refractivity contribution in [3.63, 3.8) is 0 Å². The molecule has 0 radical (unpaired) electrons. The molecule has 0 atom stereocenters. The normalized spacial score (nSPS) is 9.92. The van der Waals surface area contributed by atoms with Gasteiger partial charge in [-0.05, 0) is 25.2 Å². The van der Waals surface area contributed by atoms with Gasteiger partial charge >= 0.3 is 0 Å². The number of hydrogen-bond donors (Lipinski definition) is 0. The maximum Gasteiger partial charge on any atom is 0.129 e. The highest BCUT2D eigenvalue weighted by atomic mass is 32.2. The Balaban J connectivity index is 2.17. The second-order valence-electron chi connectivity index (χ2n) is 2.70. The highest BCUT2D eigenvalue weighted by Crippen LogP contribution is 2.14. The van der Waals surface area contributed by atoms with Gasteiger partial charge in [0.2, 0.25) is 0 Å². The molecule has 1 aromatic heterocycles. The second-order valence-corrected chi connectivity index (χ2v) is 3.82. The minimum Gasteiger partial charge on any atom is -0.300 e. The van der Waals surface area contributed by atoms with Gasteiger partial charge in [-0.15, -0.1) is 11.8 Å². The molecule has 0 spiro atoms. The van der Waals surface area contributed by atoms with Crippen molar-refractivity contribution in [1.82, 2.24) is 9.97 Å². The summed E-state index contributed by atoms with van der Waals surface area (Å²) in [5.41, 5.74) is 0. The van der Waals surface area contributed by atoms with E-state index in [0.717, 1.165) is 17.2 Å². The summed E-state index contributed by atoms with van der Waals surface area (Å²) in [7, 11) is 0. The molecule has 1 rings (SSSR count). The molecule has 0 aliphatic rings. The lowest BCUT2D eigenvalue weighted by atomic mass is 10.3. The van der Waals surface area contributed by atoms with Crippen LogP contribution in [0.5, 0.6) is 0 Å². The van der Waals surface area contributed by atoms with Gasteiger partial charge in [-0.1, -0.05) is 0 Å². The Labute approximate surface area is 82.0 Å². The smallest absolute Gasteiger partial charge is 0.129 e. The van der Waals surface area contributed by atoms with Gasteiger partial charge in [0, 0.05) is 12.6 Å². The van der Waals surface area contributed by atoms with E-state index < -0.39 is 0 Å². The van der Waals surface area contributed by atoms with Crippen LogP contribution in [0.25, 0.3) is 0 Å². The van der Waals surface area contributed by atoms with Crippen LogP contribution in [-0.4, -0.2) is 21.5 Å². The fraction of sp³-hybridized carbons (Fsp3) is 0.444. The number of thioether (sulfide) groups is 1. The van der Waals surface area contributed by atoms with Gasteiger partial charge in [0.15, 0.2) is 0 Å². The molecule has 0 aliphatic carbocycles. The van der Waals surface area contributed by atoms with E-state index in [0.29, 0.717) is 6.42 Å². The van der Waals surface area contributed by atoms with Crippen molar-refractivity contribution in [2.45, 2.75) is 24.8 Å². The van der Waals surface area contributed by atoms with Crippen LogP contribution in [0.3, 0.4) is 0 Å². The molecule has 0 fully saturated rings. The molecule has 0 aliphatic heterocycles. The highest BCUT2D eigenvalue weighted by Gasteiger charge is 1.96. The molecule has 0 unspecified atom stereocenters. The lowest BCUT2D eigenvalue weighted by Gasteiger charge is -1.97. The molecular formula is C9H12N2OS. The Morgan fingerprint density at radius 3 is 3.08 bits per heavy atom. The molecule has 0 saturated heterocycles. The van der Waals surface area contributed by atoms with E-state index in [9.17, 15) is 4.79 Å². The predicted octanol–water partition coefficient (Wildman–Crippen LogP) is 1.94. The summed E-state index contributed by atoms with van der Waals surface area (Å²) in [6.07, 6.45) is 4.84. The fourth-order valence-corrected chi connectivity index (χ4v) is 1.64. The third-order valence-electron chi connectivity index (χ3n) is 1.48. The van der Waals surface area contributed by atoms with Crippen molar-refractivity contribution in [1.29, 1.82) is 0 Å². The van der Waals surface area contributed by atoms with Gasteiger partial charge in [0.1, 0.15) is 12.1 Å². The van der Waals surface area contributed by atoms with Crippen molar-refractivity contribution in [2.24, 2.45) is 0 Å². The molecule has 13 heavy (non-hydrogen) atoms. The molecular weight excluding hydrogens is 184 g/mol. The van der Waals surface area contributed by atoms with E-state index in [4.69, 9.17) is 0 Å². The molecule has 0 amide bonds. The van der Waals surface area contributed by atoms with Gasteiger partial charge in [0.25, 0.3) is 0 Å². The molecule has 0 bridgehead atoms. The minimum atomic E-state index is 0.253. The number of Topliss-reactive ketones (excluding diaryl/α,β-unsaturated/α-hetero) is 1. The monoisotopic (exact) mass is 196 g/mol. The lowest BCUT2D eigenvalue weighted by Crippen LogP contribution is -1.91. The average molecular weight is 196 g/mol. The van der Waals surface area contributed by atoms with E-state index in [-0.39, 0.29) is 5.78 Å². The lowest BCUT2D eigenvalue weighted by molar-refractivity contribution is -0.117. The molecule has 0 saturated carbocycles. The van der Waals surface area contributed by atoms with Gasteiger partial charge in [0.05, 0.1) is 5.03 Å². The molecule has 1 heterocycles. The Kier molecular flexibility index (Phi) is 4.46. The predicted molar refractivity (Wildman–Crippen MR) is 52.7 cm³/mol. The third kappa shape index (κ3) is 4.62. The number of ketones is 1. The first-order chi connectivity index (χ1) is 6.29. The number of carbonyl (C=O) groups is 1. The number of rotatable bonds is 5. The van der Waals surface area contributed by atoms with Crippen molar-refractivity contribution >= 4 is 17.5 Å². The van der Waals surface area contributed by atoms with Crippen LogP contribution in [-0.2, 0) is 4.79 Å². The first-order valence-corrected chi connectivity index (χ1v) is 5.16. The summed E-state index contributed by atoms with van der Waals surface area (Å²) in [5.74, 6) is 1.19. The SMILES string of the molecule is CC(=O)CCCSc1ccncn1. The van der Waals surface area contributed by atoms with Crippen molar-refractivity contribution in [2.75, 3.05) is 5.75 Å². The number of nitrogens with zero attached hydrogens (tertiary/aromatic N) is 2. The summed E-state index contributed by atoms with van der Waals surface area (Å²) in [6, 6.07) is 1.87. The van der Waals surface area contributed by atoms with Gasteiger partial charge in [-0.25, -0.2) is 9.97 Å². The molecule has 4 heteroatoms. The molecule has 0 N–H and O–H groups in total. The first-order valence-electron chi connectivity index (χ1n) is 4.17. The van der Waals surface area contributed by atoms with Crippen molar-refractivity contribution < 1.29 is 4.79 Å².